The maximum atomic E-state index is 12.7. The Labute approximate surface area is 116 Å². The molecule has 0 amide bonds. The lowest BCUT2D eigenvalue weighted by Gasteiger charge is -2.04. The Balaban J connectivity index is 2.24. The van der Waals surface area contributed by atoms with Crippen molar-refractivity contribution in [3.8, 4) is 6.07 Å². The van der Waals surface area contributed by atoms with Crippen LogP contribution in [0.2, 0.25) is 0 Å². The molecule has 0 radical (unpaired) electrons. The summed E-state index contributed by atoms with van der Waals surface area (Å²) in [6.07, 6.45) is 1.68. The van der Waals surface area contributed by atoms with Crippen molar-refractivity contribution >= 4 is 16.7 Å². The highest BCUT2D eigenvalue weighted by Crippen LogP contribution is 2.25. The molecule has 1 heterocycles. The van der Waals surface area contributed by atoms with Crippen LogP contribution in [0.15, 0.2) is 48.7 Å². The van der Waals surface area contributed by atoms with Gasteiger partial charge in [-0.3, -0.25) is 4.79 Å². The summed E-state index contributed by atoms with van der Waals surface area (Å²) in [6, 6.07) is 15.0. The molecule has 0 saturated heterocycles. The van der Waals surface area contributed by atoms with Crippen molar-refractivity contribution in [3.63, 3.8) is 0 Å². The van der Waals surface area contributed by atoms with E-state index in [1.165, 1.54) is 0 Å². The fourth-order valence-corrected chi connectivity index (χ4v) is 2.43. The first-order valence-corrected chi connectivity index (χ1v) is 6.33. The molecule has 3 rings (SSSR count). The molecule has 0 aliphatic rings. The Kier molecular flexibility index (Phi) is 2.85. The molecule has 3 nitrogen and oxygen atoms in total. The predicted molar refractivity (Wildman–Crippen MR) is 77.6 cm³/mol. The number of benzene rings is 2. The third-order valence-corrected chi connectivity index (χ3v) is 3.46. The van der Waals surface area contributed by atoms with E-state index in [0.29, 0.717) is 22.1 Å². The lowest BCUT2D eigenvalue weighted by Crippen LogP contribution is -2.03. The number of hydrogen-bond donors (Lipinski definition) is 1. The molecule has 0 unspecified atom stereocenters. The predicted octanol–water partition coefficient (Wildman–Crippen LogP) is 3.58. The molecule has 3 aromatic rings. The summed E-state index contributed by atoms with van der Waals surface area (Å²) in [4.78, 5) is 15.7. The van der Waals surface area contributed by atoms with Crippen LogP contribution < -0.4 is 0 Å². The molecule has 96 valence electrons. The van der Waals surface area contributed by atoms with Gasteiger partial charge in [0.05, 0.1) is 11.6 Å². The first kappa shape index (κ1) is 12.2. The van der Waals surface area contributed by atoms with Gasteiger partial charge in [0.2, 0.25) is 0 Å². The molecule has 0 spiro atoms. The van der Waals surface area contributed by atoms with Crippen LogP contribution in [0.4, 0.5) is 0 Å². The quantitative estimate of drug-likeness (QED) is 0.716. The molecule has 0 atom stereocenters. The minimum atomic E-state index is -0.0583. The molecule has 1 N–H and O–H groups in total. The van der Waals surface area contributed by atoms with E-state index >= 15 is 0 Å². The maximum Gasteiger partial charge on any atom is 0.195 e. The SMILES string of the molecule is Cc1ccccc1C(=O)c1c[nH]c2cccc(C#N)c12. The second-order valence-corrected chi connectivity index (χ2v) is 4.69. The van der Waals surface area contributed by atoms with Crippen LogP contribution in [0.3, 0.4) is 0 Å². The zero-order chi connectivity index (χ0) is 14.1. The molecule has 3 heteroatoms. The third-order valence-electron chi connectivity index (χ3n) is 3.46. The van der Waals surface area contributed by atoms with Crippen LogP contribution in [-0.4, -0.2) is 10.8 Å². The number of aromatic amines is 1. The summed E-state index contributed by atoms with van der Waals surface area (Å²) in [6.45, 7) is 1.91. The summed E-state index contributed by atoms with van der Waals surface area (Å²) in [7, 11) is 0. The van der Waals surface area contributed by atoms with Crippen molar-refractivity contribution in [3.05, 3.63) is 70.9 Å². The number of carbonyl (C=O) groups excluding carboxylic acids is 1. The van der Waals surface area contributed by atoms with E-state index in [-0.39, 0.29) is 5.78 Å². The van der Waals surface area contributed by atoms with Crippen molar-refractivity contribution in [2.24, 2.45) is 0 Å². The molecular formula is C17H12N2O. The van der Waals surface area contributed by atoms with E-state index in [2.05, 4.69) is 11.1 Å². The molecule has 0 bridgehead atoms. The number of ketones is 1. The Morgan fingerprint density at radius 2 is 1.90 bits per heavy atom. The van der Waals surface area contributed by atoms with Gasteiger partial charge in [-0.15, -0.1) is 0 Å². The van der Waals surface area contributed by atoms with Gasteiger partial charge < -0.3 is 4.98 Å². The summed E-state index contributed by atoms with van der Waals surface area (Å²) in [5.41, 5.74) is 3.47. The third kappa shape index (κ3) is 1.79. The van der Waals surface area contributed by atoms with Crippen LogP contribution in [0.25, 0.3) is 10.9 Å². The van der Waals surface area contributed by atoms with Crippen LogP contribution in [0.1, 0.15) is 27.0 Å². The van der Waals surface area contributed by atoms with Gasteiger partial charge in [0, 0.05) is 28.2 Å². The highest BCUT2D eigenvalue weighted by atomic mass is 16.1. The summed E-state index contributed by atoms with van der Waals surface area (Å²) < 4.78 is 0. The topological polar surface area (TPSA) is 56.6 Å². The number of carbonyl (C=O) groups is 1. The standard InChI is InChI=1S/C17H12N2O/c1-11-5-2-3-7-13(11)17(20)14-10-19-15-8-4-6-12(9-18)16(14)15/h2-8,10,19H,1H3. The van der Waals surface area contributed by atoms with Gasteiger partial charge in [-0.1, -0.05) is 30.3 Å². The average molecular weight is 260 g/mol. The number of nitrogens with one attached hydrogen (secondary N) is 1. The lowest BCUT2D eigenvalue weighted by molar-refractivity contribution is 0.103. The second kappa shape index (κ2) is 4.67. The fraction of sp³-hybridized carbons (Fsp3) is 0.0588. The Bertz CT molecular complexity index is 853. The lowest BCUT2D eigenvalue weighted by atomic mass is 9.97. The fourth-order valence-electron chi connectivity index (χ4n) is 2.43. The maximum absolute atomic E-state index is 12.7. The molecule has 0 saturated carbocycles. The number of aryl methyl sites for hydroxylation is 1. The number of aromatic nitrogens is 1. The molecule has 0 aliphatic heterocycles. The van der Waals surface area contributed by atoms with Crippen molar-refractivity contribution in [2.75, 3.05) is 0 Å². The van der Waals surface area contributed by atoms with Crippen LogP contribution >= 0.6 is 0 Å². The highest BCUT2D eigenvalue weighted by molar-refractivity contribution is 6.17. The molecular weight excluding hydrogens is 248 g/mol. The van der Waals surface area contributed by atoms with Gasteiger partial charge in [0.15, 0.2) is 5.78 Å². The zero-order valence-corrected chi connectivity index (χ0v) is 11.0. The minimum absolute atomic E-state index is 0.0583. The normalized spacial score (nSPS) is 10.4. The van der Waals surface area contributed by atoms with Gasteiger partial charge >= 0.3 is 0 Å². The van der Waals surface area contributed by atoms with E-state index in [1.54, 1.807) is 18.3 Å². The molecule has 1 aromatic heterocycles. The smallest absolute Gasteiger partial charge is 0.195 e. The average Bonchev–Trinajstić information content (AvgIpc) is 2.91. The highest BCUT2D eigenvalue weighted by Gasteiger charge is 2.17. The summed E-state index contributed by atoms with van der Waals surface area (Å²) >= 11 is 0. The molecule has 0 fully saturated rings. The Hall–Kier alpha value is -2.86. The first-order chi connectivity index (χ1) is 9.72. The second-order valence-electron chi connectivity index (χ2n) is 4.69. The van der Waals surface area contributed by atoms with Crippen molar-refractivity contribution in [1.82, 2.24) is 4.98 Å². The number of H-pyrrole nitrogens is 1. The Morgan fingerprint density at radius 3 is 2.65 bits per heavy atom. The van der Waals surface area contributed by atoms with Crippen molar-refractivity contribution in [2.45, 2.75) is 6.92 Å². The first-order valence-electron chi connectivity index (χ1n) is 6.33. The van der Waals surface area contributed by atoms with Crippen LogP contribution in [-0.2, 0) is 0 Å². The number of rotatable bonds is 2. The van der Waals surface area contributed by atoms with E-state index < -0.39 is 0 Å². The van der Waals surface area contributed by atoms with E-state index in [9.17, 15) is 10.1 Å². The number of fused-ring (bicyclic) bond motifs is 1. The number of nitriles is 1. The number of hydrogen-bond acceptors (Lipinski definition) is 2. The minimum Gasteiger partial charge on any atom is -0.360 e. The summed E-state index contributed by atoms with van der Waals surface area (Å²) in [5, 5.41) is 9.91. The molecule has 20 heavy (non-hydrogen) atoms. The van der Waals surface area contributed by atoms with E-state index in [0.717, 1.165) is 11.1 Å². The van der Waals surface area contributed by atoms with E-state index in [1.807, 2.05) is 37.3 Å². The zero-order valence-electron chi connectivity index (χ0n) is 11.0. The van der Waals surface area contributed by atoms with Crippen LogP contribution in [0, 0.1) is 18.3 Å². The van der Waals surface area contributed by atoms with E-state index in [4.69, 9.17) is 0 Å². The van der Waals surface area contributed by atoms with Crippen LogP contribution in [0.5, 0.6) is 0 Å². The monoisotopic (exact) mass is 260 g/mol. The van der Waals surface area contributed by atoms with Gasteiger partial charge in [0.25, 0.3) is 0 Å². The van der Waals surface area contributed by atoms with Gasteiger partial charge in [-0.25, -0.2) is 0 Å². The van der Waals surface area contributed by atoms with Gasteiger partial charge in [-0.2, -0.15) is 5.26 Å². The largest absolute Gasteiger partial charge is 0.360 e. The van der Waals surface area contributed by atoms with Crippen molar-refractivity contribution in [1.29, 1.82) is 5.26 Å². The van der Waals surface area contributed by atoms with Crippen molar-refractivity contribution < 1.29 is 4.79 Å². The van der Waals surface area contributed by atoms with Gasteiger partial charge in [-0.05, 0) is 24.6 Å². The molecule has 0 aliphatic carbocycles. The molecule has 2 aromatic carbocycles. The van der Waals surface area contributed by atoms with Gasteiger partial charge in [0.1, 0.15) is 0 Å². The number of nitrogens with zero attached hydrogens (tertiary/aromatic N) is 1. The summed E-state index contributed by atoms with van der Waals surface area (Å²) in [5.74, 6) is -0.0583. The Morgan fingerprint density at radius 1 is 1.10 bits per heavy atom.